The molecule has 0 saturated heterocycles. The molecule has 1 amide bonds. The van der Waals surface area contributed by atoms with Gasteiger partial charge in [0.15, 0.2) is 0 Å². The minimum absolute atomic E-state index is 0.412. The van der Waals surface area contributed by atoms with Gasteiger partial charge in [-0.2, -0.15) is 0 Å². The molecule has 0 bridgehead atoms. The second-order valence-electron chi connectivity index (χ2n) is 6.95. The lowest BCUT2D eigenvalue weighted by Crippen LogP contribution is -2.32. The van der Waals surface area contributed by atoms with Gasteiger partial charge in [0.1, 0.15) is 5.60 Å². The second-order valence-corrected chi connectivity index (χ2v) is 7.80. The summed E-state index contributed by atoms with van der Waals surface area (Å²) < 4.78 is 6.38. The van der Waals surface area contributed by atoms with E-state index in [1.165, 1.54) is 11.1 Å². The summed E-state index contributed by atoms with van der Waals surface area (Å²) in [5, 5.41) is 6.24. The Bertz CT molecular complexity index is 739. The van der Waals surface area contributed by atoms with Crippen molar-refractivity contribution in [3.8, 4) is 0 Å². The van der Waals surface area contributed by atoms with Gasteiger partial charge in [-0.05, 0) is 56.5 Å². The summed E-state index contributed by atoms with van der Waals surface area (Å²) in [6.07, 6.45) is -0.412. The zero-order chi connectivity index (χ0) is 18.4. The Morgan fingerprint density at radius 3 is 2.52 bits per heavy atom. The molecule has 4 nitrogen and oxygen atoms in total. The van der Waals surface area contributed by atoms with Gasteiger partial charge in [-0.3, -0.25) is 0 Å². The molecular formula is C20H25BrN2O2. The van der Waals surface area contributed by atoms with E-state index < -0.39 is 11.7 Å². The molecule has 0 aliphatic heterocycles. The molecule has 0 atom stereocenters. The molecule has 0 heterocycles. The number of amides is 1. The predicted octanol–water partition coefficient (Wildman–Crippen LogP) is 5.39. The highest BCUT2D eigenvalue weighted by Crippen LogP contribution is 2.20. The lowest BCUT2D eigenvalue weighted by atomic mass is 10.1. The molecule has 0 aliphatic rings. The summed E-state index contributed by atoms with van der Waals surface area (Å²) in [7, 11) is 0. The number of hydrogen-bond donors (Lipinski definition) is 2. The molecule has 0 aliphatic carbocycles. The molecule has 0 radical (unpaired) electrons. The molecule has 2 N–H and O–H groups in total. The number of aryl methyl sites for hydroxylation is 1. The van der Waals surface area contributed by atoms with Crippen molar-refractivity contribution in [3.63, 3.8) is 0 Å². The quantitative estimate of drug-likeness (QED) is 0.701. The molecular weight excluding hydrogens is 380 g/mol. The summed E-state index contributed by atoms with van der Waals surface area (Å²) in [6.45, 7) is 8.74. The molecule has 0 spiro atoms. The normalized spacial score (nSPS) is 11.1. The molecule has 0 aromatic heterocycles. The Hall–Kier alpha value is -2.01. The molecule has 0 saturated carbocycles. The van der Waals surface area contributed by atoms with Crippen molar-refractivity contribution in [2.75, 3.05) is 5.32 Å². The third-order valence-corrected chi connectivity index (χ3v) is 4.41. The predicted molar refractivity (Wildman–Crippen MR) is 106 cm³/mol. The summed E-state index contributed by atoms with van der Waals surface area (Å²) in [5.74, 6) is 0. The molecule has 5 heteroatoms. The Morgan fingerprint density at radius 2 is 1.84 bits per heavy atom. The maximum absolute atomic E-state index is 11.8. The number of alkyl carbamates (subject to hydrolysis) is 1. The minimum atomic E-state index is -0.499. The Balaban J connectivity index is 1.98. The first-order valence-electron chi connectivity index (χ1n) is 8.28. The third-order valence-electron chi connectivity index (χ3n) is 3.56. The SMILES string of the molecule is Cc1ccc(CNc2ccccc2CNC(=O)OC(C)(C)C)cc1Br. The van der Waals surface area contributed by atoms with Crippen molar-refractivity contribution in [1.82, 2.24) is 5.32 Å². The molecule has 2 aromatic carbocycles. The Labute approximate surface area is 158 Å². The molecule has 134 valence electrons. The lowest BCUT2D eigenvalue weighted by Gasteiger charge is -2.20. The first-order chi connectivity index (χ1) is 11.7. The van der Waals surface area contributed by atoms with Crippen LogP contribution in [0.3, 0.4) is 0 Å². The van der Waals surface area contributed by atoms with Crippen molar-refractivity contribution in [3.05, 3.63) is 63.6 Å². The van der Waals surface area contributed by atoms with Crippen molar-refractivity contribution in [2.24, 2.45) is 0 Å². The van der Waals surface area contributed by atoms with Gasteiger partial charge in [-0.1, -0.05) is 46.3 Å². The lowest BCUT2D eigenvalue weighted by molar-refractivity contribution is 0.0523. The summed E-state index contributed by atoms with van der Waals surface area (Å²) in [6, 6.07) is 14.2. The van der Waals surface area contributed by atoms with Crippen molar-refractivity contribution < 1.29 is 9.53 Å². The van der Waals surface area contributed by atoms with Crippen LogP contribution >= 0.6 is 15.9 Å². The number of carbonyl (C=O) groups is 1. The van der Waals surface area contributed by atoms with E-state index in [9.17, 15) is 4.79 Å². The van der Waals surface area contributed by atoms with Crippen molar-refractivity contribution in [1.29, 1.82) is 0 Å². The molecule has 0 fully saturated rings. The van der Waals surface area contributed by atoms with Gasteiger partial charge in [0.25, 0.3) is 0 Å². The van der Waals surface area contributed by atoms with Gasteiger partial charge in [0.2, 0.25) is 0 Å². The monoisotopic (exact) mass is 404 g/mol. The average molecular weight is 405 g/mol. The van der Waals surface area contributed by atoms with E-state index in [0.717, 1.165) is 15.7 Å². The van der Waals surface area contributed by atoms with Gasteiger partial charge >= 0.3 is 6.09 Å². The van der Waals surface area contributed by atoms with Gasteiger partial charge in [0, 0.05) is 23.2 Å². The van der Waals surface area contributed by atoms with Crippen LogP contribution in [0.1, 0.15) is 37.5 Å². The van der Waals surface area contributed by atoms with Crippen LogP contribution in [0, 0.1) is 6.92 Å². The fourth-order valence-corrected chi connectivity index (χ4v) is 2.70. The number of carbonyl (C=O) groups excluding carboxylic acids is 1. The highest BCUT2D eigenvalue weighted by molar-refractivity contribution is 9.10. The number of anilines is 1. The van der Waals surface area contributed by atoms with E-state index in [2.05, 4.69) is 51.7 Å². The first kappa shape index (κ1) is 19.3. The Kier molecular flexibility index (Phi) is 6.48. The highest BCUT2D eigenvalue weighted by Gasteiger charge is 2.16. The number of nitrogens with one attached hydrogen (secondary N) is 2. The number of para-hydroxylation sites is 1. The van der Waals surface area contributed by atoms with Crippen LogP contribution in [0.2, 0.25) is 0 Å². The standard InChI is InChI=1S/C20H25BrN2O2/c1-14-9-10-15(11-17(14)21)12-22-18-8-6-5-7-16(18)13-23-19(24)25-20(2,3)4/h5-11,22H,12-13H2,1-4H3,(H,23,24). The van der Waals surface area contributed by atoms with Crippen LogP contribution < -0.4 is 10.6 Å². The zero-order valence-electron chi connectivity index (χ0n) is 15.2. The van der Waals surface area contributed by atoms with Gasteiger partial charge < -0.3 is 15.4 Å². The number of rotatable bonds is 5. The Morgan fingerprint density at radius 1 is 1.12 bits per heavy atom. The van der Waals surface area contributed by atoms with Crippen molar-refractivity contribution in [2.45, 2.75) is 46.4 Å². The van der Waals surface area contributed by atoms with Crippen LogP contribution in [0.25, 0.3) is 0 Å². The van der Waals surface area contributed by atoms with Crippen molar-refractivity contribution >= 4 is 27.7 Å². The van der Waals surface area contributed by atoms with E-state index in [4.69, 9.17) is 4.74 Å². The largest absolute Gasteiger partial charge is 0.444 e. The van der Waals surface area contributed by atoms with Gasteiger partial charge in [-0.15, -0.1) is 0 Å². The van der Waals surface area contributed by atoms with E-state index in [-0.39, 0.29) is 0 Å². The molecule has 2 aromatic rings. The summed E-state index contributed by atoms with van der Waals surface area (Å²) >= 11 is 3.56. The smallest absolute Gasteiger partial charge is 0.407 e. The second kappa shape index (κ2) is 8.39. The average Bonchev–Trinajstić information content (AvgIpc) is 2.53. The molecule has 2 rings (SSSR count). The van der Waals surface area contributed by atoms with E-state index in [1.54, 1.807) is 0 Å². The fraction of sp³-hybridized carbons (Fsp3) is 0.350. The van der Waals surface area contributed by atoms with Crippen LogP contribution in [0.5, 0.6) is 0 Å². The maximum Gasteiger partial charge on any atom is 0.407 e. The summed E-state index contributed by atoms with van der Waals surface area (Å²) in [5.41, 5.74) is 3.91. The maximum atomic E-state index is 11.8. The van der Waals surface area contributed by atoms with E-state index in [0.29, 0.717) is 13.1 Å². The third kappa shape index (κ3) is 6.42. The number of hydrogen-bond acceptors (Lipinski definition) is 3. The number of benzene rings is 2. The molecule has 0 unspecified atom stereocenters. The highest BCUT2D eigenvalue weighted by atomic mass is 79.9. The van der Waals surface area contributed by atoms with Gasteiger partial charge in [-0.25, -0.2) is 4.79 Å². The number of halogens is 1. The minimum Gasteiger partial charge on any atom is -0.444 e. The van der Waals surface area contributed by atoms with Crippen LogP contribution in [0.15, 0.2) is 46.9 Å². The molecule has 25 heavy (non-hydrogen) atoms. The van der Waals surface area contributed by atoms with Gasteiger partial charge in [0.05, 0.1) is 0 Å². The van der Waals surface area contributed by atoms with Crippen LogP contribution in [0.4, 0.5) is 10.5 Å². The van der Waals surface area contributed by atoms with E-state index in [1.807, 2.05) is 45.0 Å². The summed E-state index contributed by atoms with van der Waals surface area (Å²) in [4.78, 5) is 11.8. The van der Waals surface area contributed by atoms with Crippen LogP contribution in [-0.2, 0) is 17.8 Å². The first-order valence-corrected chi connectivity index (χ1v) is 9.07. The number of ether oxygens (including phenoxy) is 1. The topological polar surface area (TPSA) is 50.4 Å². The van der Waals surface area contributed by atoms with E-state index >= 15 is 0 Å². The fourth-order valence-electron chi connectivity index (χ4n) is 2.27. The zero-order valence-corrected chi connectivity index (χ0v) is 16.7. The van der Waals surface area contributed by atoms with Crippen LogP contribution in [-0.4, -0.2) is 11.7 Å².